The molecule has 21 heteroatoms. The smallest absolute Gasteiger partial charge is 0.756 e. The van der Waals surface area contributed by atoms with Crippen LogP contribution >= 0.6 is 31.3 Å². The van der Waals surface area contributed by atoms with Gasteiger partial charge in [0.05, 0.1) is 52.9 Å². The summed E-state index contributed by atoms with van der Waals surface area (Å²) in [6, 6.07) is 0. The van der Waals surface area contributed by atoms with Crippen LogP contribution in [0.3, 0.4) is 0 Å². The summed E-state index contributed by atoms with van der Waals surface area (Å²) < 4.78 is 87.7. The Morgan fingerprint density at radius 2 is 0.318 bits per heavy atom. The van der Waals surface area contributed by atoms with Crippen molar-refractivity contribution >= 4 is 31.3 Å². The van der Waals surface area contributed by atoms with E-state index in [0.29, 0.717) is 47.3 Å². The molecule has 0 N–H and O–H groups in total. The predicted molar refractivity (Wildman–Crippen MR) is 344 cm³/mol. The first kappa shape index (κ1) is 95.5. The molecule has 8 atom stereocenters. The Morgan fingerprint density at radius 3 is 0.388 bits per heavy atom. The first-order valence-electron chi connectivity index (χ1n) is 34.3. The number of rotatable bonds is 56. The van der Waals surface area contributed by atoms with Crippen molar-refractivity contribution < 1.29 is 116 Å². The second-order valence-electron chi connectivity index (χ2n) is 23.5. The summed E-state index contributed by atoms with van der Waals surface area (Å²) in [7, 11) is -16.6. The average molecular weight is 1430 g/mol. The van der Waals surface area contributed by atoms with Gasteiger partial charge in [0.2, 0.25) is 0 Å². The first-order valence-corrected chi connectivity index (χ1v) is 40.2. The molecule has 0 bridgehead atoms. The van der Waals surface area contributed by atoms with Crippen molar-refractivity contribution in [1.82, 2.24) is 0 Å². The van der Waals surface area contributed by atoms with Crippen LogP contribution in [0.15, 0.2) is 0 Å². The summed E-state index contributed by atoms with van der Waals surface area (Å²) in [4.78, 5) is 47.2. The fourth-order valence-corrected chi connectivity index (χ4v) is 12.4. The zero-order valence-electron chi connectivity index (χ0n) is 57.7. The fraction of sp³-hybridized carbons (Fsp3) is 1.00. The van der Waals surface area contributed by atoms with Gasteiger partial charge in [-0.25, -0.2) is 0 Å². The molecule has 85 heavy (non-hydrogen) atoms. The molecule has 0 aromatic rings. The number of hydrogen-bond donors (Lipinski definition) is 0. The Kier molecular flexibility index (Phi) is 72.5. The van der Waals surface area contributed by atoms with Crippen molar-refractivity contribution in [3.05, 3.63) is 0 Å². The molecule has 0 aromatic carbocycles. The quantitative estimate of drug-likeness (QED) is 0.0515. The van der Waals surface area contributed by atoms with Crippen LogP contribution in [0.2, 0.25) is 0 Å². The molecule has 0 aliphatic rings. The number of phosphoric acid groups is 4. The van der Waals surface area contributed by atoms with Gasteiger partial charge >= 0.3 is 41.7 Å². The van der Waals surface area contributed by atoms with E-state index in [-0.39, 0.29) is 94.6 Å². The summed E-state index contributed by atoms with van der Waals surface area (Å²) >= 11 is 0. The molecule has 8 unspecified atom stereocenters. The molecule has 0 saturated heterocycles. The van der Waals surface area contributed by atoms with E-state index in [1.54, 1.807) is 0 Å². The topological polar surface area (TPSA) is 234 Å². The average Bonchev–Trinajstić information content (AvgIpc) is 3.55. The molecule has 0 spiro atoms. The maximum absolute atomic E-state index is 11.8. The fourth-order valence-electron chi connectivity index (χ4n) is 8.91. The Labute approximate surface area is 559 Å². The second-order valence-corrected chi connectivity index (χ2v) is 29.1. The van der Waals surface area contributed by atoms with E-state index < -0.39 is 31.3 Å². The third-order valence-corrected chi connectivity index (χ3v) is 19.8. The van der Waals surface area contributed by atoms with Gasteiger partial charge in [0, 0.05) is 0 Å². The van der Waals surface area contributed by atoms with Crippen molar-refractivity contribution in [1.29, 1.82) is 0 Å². The predicted octanol–water partition coefficient (Wildman–Crippen LogP) is 19.7. The minimum atomic E-state index is -4.14. The Balaban J connectivity index is -0.000000333. The van der Waals surface area contributed by atoms with Crippen LogP contribution in [0.25, 0.3) is 0 Å². The first-order chi connectivity index (χ1) is 39.9. The SMILES string of the molecule is CCCCC(CC)COP(=O)([O-])OCC(CC)CCCC.CCCCC(CC)COP(=O)([O-])OCC(CC)CCCC.CCCCC(CC)COP(=O)([O-])OCC(CC)CCCC.CCCCC(CC)COP(=O)([O-])OCC(CC)CCCC.[Ce+4]. The third kappa shape index (κ3) is 63.0. The number of hydrogen-bond acceptors (Lipinski definition) is 16. The van der Waals surface area contributed by atoms with Crippen LogP contribution in [0.5, 0.6) is 0 Å². The van der Waals surface area contributed by atoms with Crippen LogP contribution in [0.4, 0.5) is 0 Å². The van der Waals surface area contributed by atoms with Gasteiger partial charge in [0.1, 0.15) is 0 Å². The molecule has 0 aromatic heterocycles. The summed E-state index contributed by atoms with van der Waals surface area (Å²) in [5.41, 5.74) is 0. The van der Waals surface area contributed by atoms with Gasteiger partial charge < -0.3 is 55.8 Å². The van der Waals surface area contributed by atoms with Crippen molar-refractivity contribution in [3.8, 4) is 0 Å². The van der Waals surface area contributed by atoms with Gasteiger partial charge in [0.15, 0.2) is 0 Å². The van der Waals surface area contributed by atoms with E-state index in [0.717, 1.165) is 205 Å². The van der Waals surface area contributed by atoms with Crippen LogP contribution in [-0.4, -0.2) is 52.9 Å². The monoisotopic (exact) mass is 1420 g/mol. The van der Waals surface area contributed by atoms with E-state index >= 15 is 0 Å². The molecule has 0 aliphatic heterocycles. The largest absolute Gasteiger partial charge is 4.00 e. The number of phosphoric ester groups is 4. The van der Waals surface area contributed by atoms with E-state index in [4.69, 9.17) is 36.2 Å². The van der Waals surface area contributed by atoms with Gasteiger partial charge in [-0.3, -0.25) is 18.3 Å². The van der Waals surface area contributed by atoms with E-state index in [1.165, 1.54) is 0 Å². The van der Waals surface area contributed by atoms with Crippen molar-refractivity contribution in [2.75, 3.05) is 52.9 Å². The molecular formula is C64H136CeO16P4. The van der Waals surface area contributed by atoms with Crippen LogP contribution in [0.1, 0.15) is 316 Å². The minimum absolute atomic E-state index is 0. The van der Waals surface area contributed by atoms with Gasteiger partial charge in [0.25, 0.3) is 31.3 Å². The molecule has 0 heterocycles. The van der Waals surface area contributed by atoms with E-state index in [2.05, 4.69) is 111 Å². The van der Waals surface area contributed by atoms with Crippen molar-refractivity contribution in [3.63, 3.8) is 0 Å². The van der Waals surface area contributed by atoms with Crippen LogP contribution in [-0.2, 0) is 54.5 Å². The van der Waals surface area contributed by atoms with Crippen LogP contribution in [0, 0.1) is 89.1 Å². The molecule has 0 rings (SSSR count). The summed E-state index contributed by atoms with van der Waals surface area (Å²) in [6.45, 7) is 35.6. The second kappa shape index (κ2) is 64.5. The van der Waals surface area contributed by atoms with Gasteiger partial charge in [-0.15, -0.1) is 0 Å². The van der Waals surface area contributed by atoms with E-state index in [1.807, 2.05) is 0 Å². The molecular weight excluding hydrogens is 1290 g/mol. The molecule has 512 valence electrons. The minimum Gasteiger partial charge on any atom is -0.756 e. The zero-order chi connectivity index (χ0) is 64.6. The summed E-state index contributed by atoms with van der Waals surface area (Å²) in [5, 5.41) is 0. The normalized spacial score (nSPS) is 17.2. The van der Waals surface area contributed by atoms with Gasteiger partial charge in [-0.05, 0) is 98.7 Å². The molecule has 0 saturated carbocycles. The molecule has 0 aliphatic carbocycles. The maximum atomic E-state index is 11.8. The van der Waals surface area contributed by atoms with E-state index in [9.17, 15) is 37.8 Å². The van der Waals surface area contributed by atoms with Gasteiger partial charge in [-0.2, -0.15) is 0 Å². The molecule has 0 radical (unpaired) electrons. The Morgan fingerprint density at radius 1 is 0.224 bits per heavy atom. The molecule has 0 fully saturated rings. The van der Waals surface area contributed by atoms with Crippen molar-refractivity contribution in [2.24, 2.45) is 47.3 Å². The standard InChI is InChI=1S/4C16H35O4P.Ce/c4*1-5-9-11-15(7-3)13-19-21(17,18)20-14-16(8-4)12-10-6-2;/h4*15-16H,5-14H2,1-4H3,(H,17,18);/q;;;;+4/p-4. The third-order valence-electron chi connectivity index (χ3n) is 16.1. The Hall–Kier alpha value is 1.82. The van der Waals surface area contributed by atoms with Gasteiger partial charge in [-0.1, -0.05) is 265 Å². The summed E-state index contributed by atoms with van der Waals surface area (Å²) in [5.74, 6) is 2.43. The number of unbranched alkanes of at least 4 members (excludes halogenated alkanes) is 8. The maximum Gasteiger partial charge on any atom is 4.00 e. The molecule has 0 amide bonds. The summed E-state index contributed by atoms with van der Waals surface area (Å²) in [6.07, 6.45) is 33.5. The van der Waals surface area contributed by atoms with Crippen molar-refractivity contribution in [2.45, 2.75) is 316 Å². The van der Waals surface area contributed by atoms with Crippen LogP contribution < -0.4 is 19.6 Å². The molecule has 16 nitrogen and oxygen atoms in total. The zero-order valence-corrected chi connectivity index (χ0v) is 64.4. The Bertz CT molecular complexity index is 1270.